The zero-order valence-electron chi connectivity index (χ0n) is 10.6. The van der Waals surface area contributed by atoms with Crippen LogP contribution in [0.1, 0.15) is 30.7 Å². The number of rotatable bonds is 2. The van der Waals surface area contributed by atoms with Crippen LogP contribution in [0.3, 0.4) is 0 Å². The van der Waals surface area contributed by atoms with Crippen LogP contribution in [0.2, 0.25) is 0 Å². The number of likely N-dealkylation sites (N-methyl/N-ethyl adjacent to an activating group) is 1. The molecule has 0 saturated carbocycles. The quantitative estimate of drug-likeness (QED) is 0.777. The number of hydrogen-bond acceptors (Lipinski definition) is 3. The monoisotopic (exact) mass is 231 g/mol. The molecule has 1 atom stereocenters. The molecule has 2 aliphatic rings. The Hall–Kier alpha value is -1.09. The summed E-state index contributed by atoms with van der Waals surface area (Å²) in [7, 11) is 2.20. The van der Waals surface area contributed by atoms with Crippen LogP contribution in [-0.4, -0.2) is 43.1 Å². The number of likely N-dealkylation sites (tertiary alicyclic amines) is 1. The molecular weight excluding hydrogens is 210 g/mol. The van der Waals surface area contributed by atoms with E-state index in [2.05, 4.69) is 40.2 Å². The Morgan fingerprint density at radius 1 is 1.18 bits per heavy atom. The maximum Gasteiger partial charge on any atom is 0.128 e. The molecule has 3 heteroatoms. The topological polar surface area (TPSA) is 19.4 Å². The highest BCUT2D eigenvalue weighted by Gasteiger charge is 2.21. The average Bonchev–Trinajstić information content (AvgIpc) is 3.00. The standard InChI is InChI=1S/C14H21N3/c1-16-9-6-13(11-16)12-4-5-14(15-10-12)17-7-2-3-8-17/h4-5,10,13H,2-3,6-9,11H2,1H3. The summed E-state index contributed by atoms with van der Waals surface area (Å²) in [6, 6.07) is 4.49. The van der Waals surface area contributed by atoms with Gasteiger partial charge in [0.2, 0.25) is 0 Å². The second-order valence-electron chi connectivity index (χ2n) is 5.39. The number of hydrogen-bond donors (Lipinski definition) is 0. The zero-order chi connectivity index (χ0) is 11.7. The molecule has 92 valence electrons. The van der Waals surface area contributed by atoms with Crippen molar-refractivity contribution in [2.75, 3.05) is 38.1 Å². The van der Waals surface area contributed by atoms with Gasteiger partial charge in [0.1, 0.15) is 5.82 Å². The molecular formula is C14H21N3. The van der Waals surface area contributed by atoms with E-state index in [0.29, 0.717) is 5.92 Å². The zero-order valence-corrected chi connectivity index (χ0v) is 10.6. The van der Waals surface area contributed by atoms with Crippen LogP contribution < -0.4 is 4.90 Å². The maximum atomic E-state index is 4.64. The van der Waals surface area contributed by atoms with E-state index >= 15 is 0 Å². The smallest absolute Gasteiger partial charge is 0.128 e. The van der Waals surface area contributed by atoms with E-state index in [4.69, 9.17) is 0 Å². The Kier molecular flexibility index (Phi) is 3.02. The molecule has 0 amide bonds. The van der Waals surface area contributed by atoms with Gasteiger partial charge in [-0.25, -0.2) is 4.98 Å². The molecule has 1 aromatic heterocycles. The van der Waals surface area contributed by atoms with E-state index in [1.165, 1.54) is 51.0 Å². The van der Waals surface area contributed by atoms with E-state index in [-0.39, 0.29) is 0 Å². The molecule has 1 unspecified atom stereocenters. The van der Waals surface area contributed by atoms with E-state index in [9.17, 15) is 0 Å². The van der Waals surface area contributed by atoms with Crippen molar-refractivity contribution in [3.8, 4) is 0 Å². The predicted molar refractivity (Wildman–Crippen MR) is 70.5 cm³/mol. The van der Waals surface area contributed by atoms with Gasteiger partial charge in [-0.15, -0.1) is 0 Å². The molecule has 17 heavy (non-hydrogen) atoms. The van der Waals surface area contributed by atoms with Crippen molar-refractivity contribution in [3.05, 3.63) is 23.9 Å². The third-order valence-electron chi connectivity index (χ3n) is 4.06. The van der Waals surface area contributed by atoms with Crippen molar-refractivity contribution in [2.24, 2.45) is 0 Å². The second-order valence-corrected chi connectivity index (χ2v) is 5.39. The molecule has 0 aliphatic carbocycles. The molecule has 2 aliphatic heterocycles. The molecule has 0 radical (unpaired) electrons. The van der Waals surface area contributed by atoms with Crippen LogP contribution in [0.15, 0.2) is 18.3 Å². The SMILES string of the molecule is CN1CCC(c2ccc(N3CCCC3)nc2)C1. The first kappa shape index (κ1) is 11.0. The minimum absolute atomic E-state index is 0.695. The van der Waals surface area contributed by atoms with Crippen molar-refractivity contribution in [1.29, 1.82) is 0 Å². The minimum Gasteiger partial charge on any atom is -0.357 e. The van der Waals surface area contributed by atoms with Gasteiger partial charge >= 0.3 is 0 Å². The summed E-state index contributed by atoms with van der Waals surface area (Å²) in [6.07, 6.45) is 6.01. The summed E-state index contributed by atoms with van der Waals surface area (Å²) in [5, 5.41) is 0. The van der Waals surface area contributed by atoms with Gasteiger partial charge in [-0.05, 0) is 50.4 Å². The van der Waals surface area contributed by atoms with Crippen LogP contribution in [-0.2, 0) is 0 Å². The molecule has 3 heterocycles. The van der Waals surface area contributed by atoms with Gasteiger partial charge < -0.3 is 9.80 Å². The van der Waals surface area contributed by atoms with Gasteiger partial charge in [-0.3, -0.25) is 0 Å². The normalized spacial score (nSPS) is 25.7. The van der Waals surface area contributed by atoms with Crippen LogP contribution in [0.5, 0.6) is 0 Å². The van der Waals surface area contributed by atoms with Gasteiger partial charge in [-0.2, -0.15) is 0 Å². The first-order valence-corrected chi connectivity index (χ1v) is 6.72. The van der Waals surface area contributed by atoms with E-state index in [1.807, 2.05) is 0 Å². The van der Waals surface area contributed by atoms with Gasteiger partial charge in [0.25, 0.3) is 0 Å². The Bertz CT molecular complexity index is 368. The van der Waals surface area contributed by atoms with Gasteiger partial charge in [-0.1, -0.05) is 6.07 Å². The fourth-order valence-corrected chi connectivity index (χ4v) is 2.98. The van der Waals surface area contributed by atoms with Crippen molar-refractivity contribution in [3.63, 3.8) is 0 Å². The van der Waals surface area contributed by atoms with Crippen LogP contribution in [0.4, 0.5) is 5.82 Å². The van der Waals surface area contributed by atoms with Crippen LogP contribution in [0, 0.1) is 0 Å². The third-order valence-corrected chi connectivity index (χ3v) is 4.06. The summed E-state index contributed by atoms with van der Waals surface area (Å²) in [5.41, 5.74) is 1.41. The number of aromatic nitrogens is 1. The van der Waals surface area contributed by atoms with E-state index in [1.54, 1.807) is 0 Å². The number of nitrogens with zero attached hydrogens (tertiary/aromatic N) is 3. The Balaban J connectivity index is 1.71. The largest absolute Gasteiger partial charge is 0.357 e. The van der Waals surface area contributed by atoms with Gasteiger partial charge in [0.05, 0.1) is 0 Å². The summed E-state index contributed by atoms with van der Waals surface area (Å²) < 4.78 is 0. The lowest BCUT2D eigenvalue weighted by Gasteiger charge is -2.17. The lowest BCUT2D eigenvalue weighted by molar-refractivity contribution is 0.411. The molecule has 3 nitrogen and oxygen atoms in total. The summed E-state index contributed by atoms with van der Waals surface area (Å²) in [6.45, 7) is 4.76. The number of pyridine rings is 1. The Morgan fingerprint density at radius 2 is 2.00 bits per heavy atom. The summed E-state index contributed by atoms with van der Waals surface area (Å²) in [5.74, 6) is 1.86. The number of anilines is 1. The first-order chi connectivity index (χ1) is 8.33. The fourth-order valence-electron chi connectivity index (χ4n) is 2.98. The predicted octanol–water partition coefficient (Wildman–Crippen LogP) is 2.10. The molecule has 1 aromatic rings. The average molecular weight is 231 g/mol. The lowest BCUT2D eigenvalue weighted by atomic mass is 10.0. The molecule has 0 bridgehead atoms. The highest BCUT2D eigenvalue weighted by atomic mass is 15.2. The Labute approximate surface area is 103 Å². The van der Waals surface area contributed by atoms with E-state index in [0.717, 1.165) is 5.82 Å². The van der Waals surface area contributed by atoms with Crippen molar-refractivity contribution < 1.29 is 0 Å². The molecule has 0 spiro atoms. The summed E-state index contributed by atoms with van der Waals surface area (Å²) >= 11 is 0. The van der Waals surface area contributed by atoms with Crippen molar-refractivity contribution in [2.45, 2.75) is 25.2 Å². The molecule has 0 aromatic carbocycles. The van der Waals surface area contributed by atoms with Crippen LogP contribution in [0.25, 0.3) is 0 Å². The minimum atomic E-state index is 0.695. The fraction of sp³-hybridized carbons (Fsp3) is 0.643. The van der Waals surface area contributed by atoms with Crippen molar-refractivity contribution in [1.82, 2.24) is 9.88 Å². The lowest BCUT2D eigenvalue weighted by Crippen LogP contribution is -2.19. The first-order valence-electron chi connectivity index (χ1n) is 6.72. The molecule has 2 fully saturated rings. The van der Waals surface area contributed by atoms with Crippen molar-refractivity contribution >= 4 is 5.82 Å². The van der Waals surface area contributed by atoms with Gasteiger partial charge in [0.15, 0.2) is 0 Å². The van der Waals surface area contributed by atoms with Crippen LogP contribution >= 0.6 is 0 Å². The molecule has 3 rings (SSSR count). The van der Waals surface area contributed by atoms with E-state index < -0.39 is 0 Å². The second kappa shape index (κ2) is 4.65. The highest BCUT2D eigenvalue weighted by molar-refractivity contribution is 5.40. The van der Waals surface area contributed by atoms with Gasteiger partial charge in [0, 0.05) is 25.8 Å². The maximum absolute atomic E-state index is 4.64. The molecule has 0 N–H and O–H groups in total. The third kappa shape index (κ3) is 2.29. The Morgan fingerprint density at radius 3 is 2.59 bits per heavy atom. The molecule has 2 saturated heterocycles. The summed E-state index contributed by atoms with van der Waals surface area (Å²) in [4.78, 5) is 9.43. The highest BCUT2D eigenvalue weighted by Crippen LogP contribution is 2.27.